The number of guanidine groups is 2. The van der Waals surface area contributed by atoms with Crippen LogP contribution in [0.15, 0.2) is 132 Å². The number of aliphatic hydroxyl groups is 1. The van der Waals surface area contributed by atoms with Gasteiger partial charge < -0.3 is 85.9 Å². The summed E-state index contributed by atoms with van der Waals surface area (Å²) >= 11 is 6.23. The number of benzene rings is 4. The van der Waals surface area contributed by atoms with Gasteiger partial charge in [0.15, 0.2) is 11.9 Å². The van der Waals surface area contributed by atoms with E-state index in [-0.39, 0.29) is 102 Å². The number of aliphatic carboxylic acids is 1. The number of nitrogens with zero attached hydrogens (tertiary/aromatic N) is 4. The van der Waals surface area contributed by atoms with Gasteiger partial charge in [-0.15, -0.1) is 0 Å². The third kappa shape index (κ3) is 26.1. The molecule has 31 heteroatoms. The van der Waals surface area contributed by atoms with E-state index in [1.165, 1.54) is 31.1 Å². The molecular formula is C70H92ClN17O13. The van der Waals surface area contributed by atoms with Gasteiger partial charge in [0.05, 0.1) is 6.61 Å². The number of carboxylic acids is 1. The van der Waals surface area contributed by atoms with E-state index in [1.807, 2.05) is 42.5 Å². The number of pyridine rings is 1. The zero-order chi connectivity index (χ0) is 73.7. The number of aliphatic imine (C=N–C) groups is 2. The number of amides is 10. The number of nitrogens with two attached hydrogens (primary N) is 4. The Balaban J connectivity index is 1.25. The number of aromatic nitrogens is 1. The van der Waals surface area contributed by atoms with E-state index < -0.39 is 132 Å². The zero-order valence-corrected chi connectivity index (χ0v) is 57.6. The van der Waals surface area contributed by atoms with Gasteiger partial charge in [0, 0.05) is 69.7 Å². The van der Waals surface area contributed by atoms with Crippen LogP contribution in [0.4, 0.5) is 0 Å². The predicted octanol–water partition coefficient (Wildman–Crippen LogP) is -0.217. The third-order valence-electron chi connectivity index (χ3n) is 16.5. The molecule has 0 aliphatic carbocycles. The fraction of sp³-hybridized carbons (Fsp3) is 0.429. The molecule has 101 heavy (non-hydrogen) atoms. The second-order valence-corrected chi connectivity index (χ2v) is 25.6. The Morgan fingerprint density at radius 3 is 1.53 bits per heavy atom. The summed E-state index contributed by atoms with van der Waals surface area (Å²) in [6.07, 6.45) is 3.04. The minimum absolute atomic E-state index is 0.00369. The van der Waals surface area contributed by atoms with Gasteiger partial charge in [-0.05, 0) is 109 Å². The summed E-state index contributed by atoms with van der Waals surface area (Å²) in [6.45, 7) is 5.18. The number of carboxylic acid groups (broad SMARTS) is 1. The van der Waals surface area contributed by atoms with E-state index in [0.717, 1.165) is 10.8 Å². The molecule has 542 valence electrons. The van der Waals surface area contributed by atoms with Gasteiger partial charge in [0.25, 0.3) is 0 Å². The Bertz CT molecular complexity index is 3730. The Hall–Kier alpha value is -10.7. The fourth-order valence-electron chi connectivity index (χ4n) is 11.4. The van der Waals surface area contributed by atoms with Crippen LogP contribution in [0.25, 0.3) is 10.8 Å². The lowest BCUT2D eigenvalue weighted by atomic mass is 9.99. The quantitative estimate of drug-likeness (QED) is 0.0138. The number of hydrogen-bond donors (Lipinski definition) is 15. The van der Waals surface area contributed by atoms with Crippen LogP contribution in [-0.2, 0) is 78.4 Å². The lowest BCUT2D eigenvalue weighted by Gasteiger charge is -2.31. The van der Waals surface area contributed by atoms with Crippen molar-refractivity contribution in [2.24, 2.45) is 38.8 Å². The van der Waals surface area contributed by atoms with Crippen LogP contribution in [0, 0.1) is 5.92 Å². The summed E-state index contributed by atoms with van der Waals surface area (Å²) in [4.78, 5) is 168. The molecule has 1 aromatic heterocycles. The second kappa shape index (κ2) is 39.7. The molecule has 1 saturated heterocycles. The van der Waals surface area contributed by atoms with E-state index in [0.29, 0.717) is 33.7 Å². The molecule has 19 N–H and O–H groups in total. The molecule has 10 amide bonds. The highest BCUT2D eigenvalue weighted by Crippen LogP contribution is 2.22. The Kier molecular flexibility index (Phi) is 31.2. The number of halogens is 1. The first-order valence-electron chi connectivity index (χ1n) is 33.3. The van der Waals surface area contributed by atoms with Crippen LogP contribution in [0.3, 0.4) is 0 Å². The lowest BCUT2D eigenvalue weighted by Crippen LogP contribution is -2.61. The summed E-state index contributed by atoms with van der Waals surface area (Å²) < 4.78 is 0. The molecule has 0 radical (unpaired) electrons. The zero-order valence-electron chi connectivity index (χ0n) is 56.9. The predicted molar refractivity (Wildman–Crippen MR) is 378 cm³/mol. The van der Waals surface area contributed by atoms with Gasteiger partial charge in [0.1, 0.15) is 60.4 Å². The number of nitrogens with one attached hydrogen (secondary N) is 9. The Morgan fingerprint density at radius 2 is 0.990 bits per heavy atom. The van der Waals surface area contributed by atoms with Crippen LogP contribution in [0.2, 0.25) is 5.02 Å². The number of carbonyl (C=O) groups is 11. The van der Waals surface area contributed by atoms with Crippen molar-refractivity contribution in [1.82, 2.24) is 57.7 Å². The van der Waals surface area contributed by atoms with Crippen molar-refractivity contribution in [3.8, 4) is 0 Å². The Labute approximate surface area is 590 Å². The van der Waals surface area contributed by atoms with Crippen LogP contribution >= 0.6 is 11.6 Å². The standard InChI is InChI=1S/C70H92ClN17O13/c1-40(2)32-52(60(92)82-51(20-12-30-78-70(74)75)67(99)88-31-13-21-58(88)66(98)79-41(3)68(100)101)83-63(95)56(37-46-16-10-28-76-38-46)84-59(91)50(19-11-29-77-69(72)73)81-65(97)57(39-89)87-64(96)54(34-43-14-6-5-7-15-43)86-62(94)55(35-44-23-26-49(71)27-24-44)85-61(93)53(80-42(4)90)36-45-22-25-47-17-8-9-18-48(47)33-45/h5-10,14-18,22-28,33,38,40-41,50-58,89H,11-13,19-21,29-32,34-37,39H2,1-4H3,(H,79,98)(H,80,90)(H,81,97)(H,82,92)(H,83,95)(H,84,91)(H,85,93)(H,86,94)(H,87,96)(H,100,101)(H4,72,73,77)(H4,74,75,78)/t41-,50+,51+,52+,53+,54-,55-,56-,57+,58+/m1/s1. The smallest absolute Gasteiger partial charge is 0.325 e. The first-order valence-corrected chi connectivity index (χ1v) is 33.7. The number of fused-ring (bicyclic) bond motifs is 1. The average Bonchev–Trinajstić information content (AvgIpc) is 1.81. The first kappa shape index (κ1) is 79.2. The number of carbonyl (C=O) groups excluding carboxylic acids is 10. The molecule has 0 unspecified atom stereocenters. The van der Waals surface area contributed by atoms with E-state index in [9.17, 15) is 63.0 Å². The molecule has 6 rings (SSSR count). The van der Waals surface area contributed by atoms with Crippen LogP contribution < -0.4 is 70.8 Å². The maximum atomic E-state index is 14.8. The van der Waals surface area contributed by atoms with E-state index in [1.54, 1.807) is 80.6 Å². The number of hydrogen-bond acceptors (Lipinski definition) is 15. The number of aliphatic hydroxyl groups excluding tert-OH is 1. The maximum Gasteiger partial charge on any atom is 0.325 e. The van der Waals surface area contributed by atoms with Gasteiger partial charge in [-0.25, -0.2) is 0 Å². The molecule has 2 heterocycles. The molecule has 1 aliphatic heterocycles. The van der Waals surface area contributed by atoms with Crippen LogP contribution in [0.1, 0.15) is 94.9 Å². The molecule has 0 bridgehead atoms. The molecule has 5 aromatic rings. The summed E-state index contributed by atoms with van der Waals surface area (Å²) in [5.74, 6) is -10.2. The molecule has 0 spiro atoms. The highest BCUT2D eigenvalue weighted by atomic mass is 35.5. The molecule has 1 aliphatic rings. The lowest BCUT2D eigenvalue weighted by molar-refractivity contribution is -0.144. The monoisotopic (exact) mass is 1410 g/mol. The molecule has 10 atom stereocenters. The maximum absolute atomic E-state index is 14.8. The minimum atomic E-state index is -1.80. The third-order valence-corrected chi connectivity index (χ3v) is 16.8. The molecular weight excluding hydrogens is 1320 g/mol. The largest absolute Gasteiger partial charge is 0.480 e. The summed E-state index contributed by atoms with van der Waals surface area (Å²) in [5, 5.41) is 46.5. The van der Waals surface area contributed by atoms with E-state index in [4.69, 9.17) is 34.5 Å². The van der Waals surface area contributed by atoms with Gasteiger partial charge in [-0.3, -0.25) is 67.7 Å². The normalized spacial score (nSPS) is 15.2. The van der Waals surface area contributed by atoms with Crippen molar-refractivity contribution >= 4 is 99.3 Å². The second-order valence-electron chi connectivity index (χ2n) is 25.1. The Morgan fingerprint density at radius 1 is 0.535 bits per heavy atom. The molecule has 30 nitrogen and oxygen atoms in total. The van der Waals surface area contributed by atoms with Crippen molar-refractivity contribution in [2.75, 3.05) is 26.2 Å². The summed E-state index contributed by atoms with van der Waals surface area (Å²) in [7, 11) is 0. The minimum Gasteiger partial charge on any atom is -0.480 e. The van der Waals surface area contributed by atoms with Gasteiger partial charge in [0.2, 0.25) is 59.1 Å². The SMILES string of the molecule is CC(=O)N[C@@H](Cc1ccc2ccccc2c1)C(=O)N[C@H](Cc1ccc(Cl)cc1)C(=O)N[C@H](Cc1ccccc1)C(=O)N[C@@H](CO)C(=O)N[C@@H](CCCN=C(N)N)C(=O)N[C@H](Cc1cccnc1)C(=O)N[C@@H](CC(C)C)C(=O)N[C@@H](CCCN=C(N)N)C(=O)N1CCC[C@H]1C(=O)N[C@H](C)C(=O)O. The molecule has 4 aromatic carbocycles. The van der Waals surface area contributed by atoms with Crippen molar-refractivity contribution in [3.63, 3.8) is 0 Å². The van der Waals surface area contributed by atoms with E-state index in [2.05, 4.69) is 62.8 Å². The molecule has 0 saturated carbocycles. The van der Waals surface area contributed by atoms with Crippen molar-refractivity contribution in [1.29, 1.82) is 0 Å². The van der Waals surface area contributed by atoms with Crippen LogP contribution in [-0.4, -0.2) is 184 Å². The van der Waals surface area contributed by atoms with Gasteiger partial charge in [-0.2, -0.15) is 0 Å². The summed E-state index contributed by atoms with van der Waals surface area (Å²) in [6, 6.07) is 17.6. The molecule has 1 fully saturated rings. The fourth-order valence-corrected chi connectivity index (χ4v) is 11.5. The van der Waals surface area contributed by atoms with Gasteiger partial charge >= 0.3 is 5.97 Å². The van der Waals surface area contributed by atoms with Crippen molar-refractivity contribution < 1.29 is 63.0 Å². The summed E-state index contributed by atoms with van der Waals surface area (Å²) in [5.41, 5.74) is 24.6. The van der Waals surface area contributed by atoms with Crippen molar-refractivity contribution in [2.45, 2.75) is 159 Å². The number of likely N-dealkylation sites (tertiary alicyclic amines) is 1. The highest BCUT2D eigenvalue weighted by molar-refractivity contribution is 6.30. The number of rotatable bonds is 38. The van der Waals surface area contributed by atoms with Crippen LogP contribution in [0.5, 0.6) is 0 Å². The highest BCUT2D eigenvalue weighted by Gasteiger charge is 2.40. The first-order chi connectivity index (χ1) is 48.2. The van der Waals surface area contributed by atoms with E-state index >= 15 is 0 Å². The van der Waals surface area contributed by atoms with Crippen molar-refractivity contribution in [3.05, 3.63) is 149 Å². The topological polar surface area (TPSA) is 481 Å². The van der Waals surface area contributed by atoms with Gasteiger partial charge in [-0.1, -0.05) is 116 Å². The average molecular weight is 1420 g/mol.